The number of rotatable bonds is 9. The highest BCUT2D eigenvalue weighted by Gasteiger charge is 2.09. The standard InChI is InChI=1S/C19H17ClN4O2S3/c1-26-16-9-5-3-6-13(16)10-21-22-17(25)12-28-19-24-23-18(29-19)27-11-14-7-2-4-8-15(14)20/h2-10H,11-12H2,1H3,(H,22,25)/b21-10+. The molecule has 0 atom stereocenters. The third-order valence-electron chi connectivity index (χ3n) is 3.56. The van der Waals surface area contributed by atoms with Crippen molar-refractivity contribution in [1.29, 1.82) is 0 Å². The minimum atomic E-state index is -0.221. The number of thioether (sulfide) groups is 2. The second kappa shape index (κ2) is 11.2. The zero-order valence-electron chi connectivity index (χ0n) is 15.4. The Bertz CT molecular complexity index is 997. The highest BCUT2D eigenvalue weighted by molar-refractivity contribution is 8.03. The summed E-state index contributed by atoms with van der Waals surface area (Å²) >= 11 is 10.5. The quantitative estimate of drug-likeness (QED) is 0.280. The first-order valence-electron chi connectivity index (χ1n) is 8.43. The van der Waals surface area contributed by atoms with Crippen molar-refractivity contribution in [3.05, 3.63) is 64.7 Å². The summed E-state index contributed by atoms with van der Waals surface area (Å²) in [5.74, 6) is 1.39. The van der Waals surface area contributed by atoms with Gasteiger partial charge in [-0.1, -0.05) is 76.8 Å². The molecule has 0 fully saturated rings. The molecule has 6 nitrogen and oxygen atoms in total. The smallest absolute Gasteiger partial charge is 0.250 e. The van der Waals surface area contributed by atoms with Gasteiger partial charge in [-0.25, -0.2) is 5.43 Å². The van der Waals surface area contributed by atoms with Gasteiger partial charge in [-0.2, -0.15) is 5.10 Å². The second-order valence-corrected chi connectivity index (χ2v) is 9.37. The Morgan fingerprint density at radius 2 is 1.90 bits per heavy atom. The van der Waals surface area contributed by atoms with Crippen LogP contribution in [0.1, 0.15) is 11.1 Å². The van der Waals surface area contributed by atoms with E-state index in [4.69, 9.17) is 16.3 Å². The maximum atomic E-state index is 12.0. The van der Waals surface area contributed by atoms with Crippen molar-refractivity contribution in [2.24, 2.45) is 5.10 Å². The minimum Gasteiger partial charge on any atom is -0.496 e. The molecule has 3 rings (SSSR count). The predicted molar refractivity (Wildman–Crippen MR) is 120 cm³/mol. The first kappa shape index (κ1) is 21.6. The summed E-state index contributed by atoms with van der Waals surface area (Å²) < 4.78 is 6.80. The maximum absolute atomic E-state index is 12.0. The predicted octanol–water partition coefficient (Wildman–Crippen LogP) is 4.73. The van der Waals surface area contributed by atoms with E-state index in [-0.39, 0.29) is 11.7 Å². The van der Waals surface area contributed by atoms with E-state index < -0.39 is 0 Å². The number of benzene rings is 2. The van der Waals surface area contributed by atoms with E-state index in [0.717, 1.165) is 30.6 Å². The lowest BCUT2D eigenvalue weighted by atomic mass is 10.2. The number of nitrogens with zero attached hydrogens (tertiary/aromatic N) is 3. The highest BCUT2D eigenvalue weighted by atomic mass is 35.5. The molecule has 0 bridgehead atoms. The molecule has 1 amide bonds. The summed E-state index contributed by atoms with van der Waals surface area (Å²) in [5.41, 5.74) is 4.34. The Balaban J connectivity index is 1.44. The van der Waals surface area contributed by atoms with Crippen LogP contribution in [-0.4, -0.2) is 35.2 Å². The lowest BCUT2D eigenvalue weighted by molar-refractivity contribution is -0.118. The molecule has 0 unspecified atom stereocenters. The first-order chi connectivity index (χ1) is 14.2. The van der Waals surface area contributed by atoms with Gasteiger partial charge in [-0.15, -0.1) is 10.2 Å². The van der Waals surface area contributed by atoms with Crippen LogP contribution in [0.5, 0.6) is 5.75 Å². The summed E-state index contributed by atoms with van der Waals surface area (Å²) in [4.78, 5) is 12.0. The number of para-hydroxylation sites is 1. The molecular weight excluding hydrogens is 448 g/mol. The Morgan fingerprint density at radius 3 is 2.69 bits per heavy atom. The van der Waals surface area contributed by atoms with Crippen LogP contribution in [-0.2, 0) is 10.5 Å². The number of ether oxygens (including phenoxy) is 1. The first-order valence-corrected chi connectivity index (χ1v) is 11.6. The molecule has 2 aromatic carbocycles. The van der Waals surface area contributed by atoms with Gasteiger partial charge in [0, 0.05) is 16.3 Å². The van der Waals surface area contributed by atoms with Gasteiger partial charge < -0.3 is 4.74 Å². The van der Waals surface area contributed by atoms with E-state index in [1.165, 1.54) is 23.1 Å². The van der Waals surface area contributed by atoms with Crippen LogP contribution in [0.15, 0.2) is 62.3 Å². The largest absolute Gasteiger partial charge is 0.496 e. The summed E-state index contributed by atoms with van der Waals surface area (Å²) in [6, 6.07) is 15.1. The number of hydrogen-bond acceptors (Lipinski definition) is 8. The fourth-order valence-electron chi connectivity index (χ4n) is 2.18. The highest BCUT2D eigenvalue weighted by Crippen LogP contribution is 2.32. The van der Waals surface area contributed by atoms with Gasteiger partial charge >= 0.3 is 0 Å². The topological polar surface area (TPSA) is 76.5 Å². The molecule has 3 aromatic rings. The molecule has 0 radical (unpaired) electrons. The Morgan fingerprint density at radius 1 is 1.17 bits per heavy atom. The summed E-state index contributed by atoms with van der Waals surface area (Å²) in [7, 11) is 1.59. The van der Waals surface area contributed by atoms with Crippen molar-refractivity contribution < 1.29 is 9.53 Å². The third kappa shape index (κ3) is 6.74. The third-order valence-corrected chi connectivity index (χ3v) is 7.16. The number of carbonyl (C=O) groups is 1. The molecular formula is C19H17ClN4O2S3. The average Bonchev–Trinajstić information content (AvgIpc) is 3.20. The summed E-state index contributed by atoms with van der Waals surface area (Å²) in [5, 5.41) is 13.0. The lowest BCUT2D eigenvalue weighted by Gasteiger charge is -2.03. The fraction of sp³-hybridized carbons (Fsp3) is 0.158. The van der Waals surface area contributed by atoms with Crippen molar-refractivity contribution in [1.82, 2.24) is 15.6 Å². The fourth-order valence-corrected chi connectivity index (χ4v) is 5.27. The molecule has 0 saturated carbocycles. The van der Waals surface area contributed by atoms with Crippen LogP contribution in [0, 0.1) is 0 Å². The normalized spacial score (nSPS) is 11.0. The van der Waals surface area contributed by atoms with Gasteiger partial charge in [-0.3, -0.25) is 4.79 Å². The molecule has 0 aliphatic carbocycles. The zero-order chi connectivity index (χ0) is 20.5. The van der Waals surface area contributed by atoms with Gasteiger partial charge in [0.05, 0.1) is 19.1 Å². The van der Waals surface area contributed by atoms with Crippen LogP contribution < -0.4 is 10.2 Å². The molecule has 10 heteroatoms. The molecule has 0 aliphatic heterocycles. The summed E-state index contributed by atoms with van der Waals surface area (Å²) in [6.45, 7) is 0. The van der Waals surface area contributed by atoms with E-state index >= 15 is 0 Å². The van der Waals surface area contributed by atoms with E-state index in [9.17, 15) is 4.79 Å². The van der Waals surface area contributed by atoms with Crippen LogP contribution in [0.4, 0.5) is 0 Å². The van der Waals surface area contributed by atoms with Crippen molar-refractivity contribution in [2.45, 2.75) is 14.4 Å². The molecule has 29 heavy (non-hydrogen) atoms. The van der Waals surface area contributed by atoms with Gasteiger partial charge in [0.15, 0.2) is 8.68 Å². The van der Waals surface area contributed by atoms with Gasteiger partial charge in [0.2, 0.25) is 0 Å². The number of nitrogens with one attached hydrogen (secondary N) is 1. The van der Waals surface area contributed by atoms with Crippen molar-refractivity contribution in [3.63, 3.8) is 0 Å². The number of hydrogen-bond donors (Lipinski definition) is 1. The van der Waals surface area contributed by atoms with Crippen molar-refractivity contribution in [3.8, 4) is 5.75 Å². The van der Waals surface area contributed by atoms with Crippen molar-refractivity contribution in [2.75, 3.05) is 12.9 Å². The second-order valence-electron chi connectivity index (χ2n) is 5.54. The minimum absolute atomic E-state index is 0.201. The number of aromatic nitrogens is 2. The van der Waals surface area contributed by atoms with Crippen molar-refractivity contribution >= 4 is 58.6 Å². The Kier molecular flexibility index (Phi) is 8.36. The molecule has 0 saturated heterocycles. The van der Waals surface area contributed by atoms with E-state index in [1.807, 2.05) is 48.5 Å². The average molecular weight is 465 g/mol. The number of halogens is 1. The molecule has 1 N–H and O–H groups in total. The van der Waals surface area contributed by atoms with Gasteiger partial charge in [-0.05, 0) is 23.8 Å². The Hall–Kier alpha value is -2.07. The SMILES string of the molecule is COc1ccccc1/C=N/NC(=O)CSc1nnc(SCc2ccccc2Cl)s1. The molecule has 1 aromatic heterocycles. The molecule has 0 spiro atoms. The summed E-state index contributed by atoms with van der Waals surface area (Å²) in [6.07, 6.45) is 1.55. The van der Waals surface area contributed by atoms with Crippen LogP contribution in [0.3, 0.4) is 0 Å². The Labute approximate surface area is 186 Å². The number of hydrazone groups is 1. The number of amides is 1. The van der Waals surface area contributed by atoms with Crippen LogP contribution in [0.2, 0.25) is 5.02 Å². The van der Waals surface area contributed by atoms with E-state index in [1.54, 1.807) is 25.1 Å². The van der Waals surface area contributed by atoms with Gasteiger partial charge in [0.25, 0.3) is 5.91 Å². The van der Waals surface area contributed by atoms with Crippen LogP contribution >= 0.6 is 46.5 Å². The van der Waals surface area contributed by atoms with E-state index in [0.29, 0.717) is 5.75 Å². The zero-order valence-corrected chi connectivity index (χ0v) is 18.6. The molecule has 0 aliphatic rings. The lowest BCUT2D eigenvalue weighted by Crippen LogP contribution is -2.19. The number of carbonyl (C=O) groups excluding carboxylic acids is 1. The van der Waals surface area contributed by atoms with Crippen LogP contribution in [0.25, 0.3) is 0 Å². The van der Waals surface area contributed by atoms with Gasteiger partial charge in [0.1, 0.15) is 5.75 Å². The monoisotopic (exact) mass is 464 g/mol. The number of methoxy groups -OCH3 is 1. The van der Waals surface area contributed by atoms with E-state index in [2.05, 4.69) is 20.7 Å². The maximum Gasteiger partial charge on any atom is 0.250 e. The molecule has 150 valence electrons. The molecule has 1 heterocycles.